The molecule has 20 heteroatoms. The van der Waals surface area contributed by atoms with Crippen LogP contribution in [0.2, 0.25) is 0 Å². The Kier molecular flexibility index (Phi) is 16.8. The molecule has 2 aliphatic heterocycles. The lowest BCUT2D eigenvalue weighted by molar-refractivity contribution is -0.156. The third-order valence-corrected chi connectivity index (χ3v) is 10.5. The number of carbonyl (C=O) groups excluding carboxylic acids is 5. The maximum atomic E-state index is 13.4. The lowest BCUT2D eigenvalue weighted by Gasteiger charge is -2.27. The standard InChI is InChI=1S/C22H21N7O2.C20H19N7O.C4H6O3.CH4/c1-15-11-18(28(16(2)30)21-12-17(13-23)7-8-24-21)14-27(15)22(31)19-5-3-4-6-20(19)29-25-9-10-26-29;1-14-10-16(25-19-11-15(12-21)6-7-22-19)13-26(14)20(28)17-4-2-3-5-18(17)27-23-8-9-24-27;1-3(5)7-4(2)6;/h3-10,12,15,18H,11,14H2,1-2H3;2-9,11,14,16H,10,13H2,1H3,(H,22,25);1-2H3;1H4/t15-,18-;14-,16-;;/m11../s1. The van der Waals surface area contributed by atoms with Crippen LogP contribution in [0.5, 0.6) is 0 Å². The highest BCUT2D eigenvalue weighted by atomic mass is 16.6. The number of amides is 3. The van der Waals surface area contributed by atoms with E-state index in [2.05, 4.69) is 52.6 Å². The van der Waals surface area contributed by atoms with Crippen LogP contribution in [0, 0.1) is 22.7 Å². The average molecular weight is 907 g/mol. The van der Waals surface area contributed by atoms with Crippen LogP contribution in [0.4, 0.5) is 11.6 Å². The number of pyridine rings is 2. The summed E-state index contributed by atoms with van der Waals surface area (Å²) < 4.78 is 3.97. The van der Waals surface area contributed by atoms with E-state index in [1.807, 2.05) is 43.0 Å². The van der Waals surface area contributed by atoms with Crippen LogP contribution in [0.1, 0.15) is 86.7 Å². The number of hydrogen-bond acceptors (Lipinski definition) is 15. The van der Waals surface area contributed by atoms with Crippen molar-refractivity contribution in [3.8, 4) is 23.5 Å². The maximum Gasteiger partial charge on any atom is 0.310 e. The zero-order valence-electron chi connectivity index (χ0n) is 36.8. The van der Waals surface area contributed by atoms with E-state index in [0.29, 0.717) is 64.8 Å². The first kappa shape index (κ1) is 49.4. The molecule has 344 valence electrons. The fourth-order valence-electron chi connectivity index (χ4n) is 7.75. The molecule has 2 saturated heterocycles. The van der Waals surface area contributed by atoms with E-state index in [1.54, 1.807) is 89.3 Å². The van der Waals surface area contributed by atoms with Gasteiger partial charge in [-0.05, 0) is 75.2 Å². The van der Waals surface area contributed by atoms with E-state index >= 15 is 0 Å². The van der Waals surface area contributed by atoms with Gasteiger partial charge in [0.2, 0.25) is 5.91 Å². The highest BCUT2D eigenvalue weighted by molar-refractivity contribution is 5.99. The van der Waals surface area contributed by atoms with E-state index in [0.717, 1.165) is 6.42 Å². The summed E-state index contributed by atoms with van der Waals surface area (Å²) in [6.07, 6.45) is 10.8. The molecule has 8 rings (SSSR count). The molecule has 6 aromatic rings. The number of nitriles is 2. The van der Waals surface area contributed by atoms with E-state index in [1.165, 1.54) is 36.6 Å². The minimum absolute atomic E-state index is 0. The van der Waals surface area contributed by atoms with E-state index in [4.69, 9.17) is 5.26 Å². The Morgan fingerprint density at radius 1 is 0.657 bits per heavy atom. The molecule has 0 saturated carbocycles. The minimum Gasteiger partial charge on any atom is -0.394 e. The van der Waals surface area contributed by atoms with Gasteiger partial charge in [0.15, 0.2) is 0 Å². The fourth-order valence-corrected chi connectivity index (χ4v) is 7.75. The molecule has 2 aromatic carbocycles. The third-order valence-electron chi connectivity index (χ3n) is 10.5. The molecular formula is C47H50N14O6. The monoisotopic (exact) mass is 906 g/mol. The van der Waals surface area contributed by atoms with E-state index < -0.39 is 11.9 Å². The molecule has 2 aliphatic rings. The van der Waals surface area contributed by atoms with Crippen LogP contribution in [0.3, 0.4) is 0 Å². The number of aromatic nitrogens is 8. The number of benzene rings is 2. The van der Waals surface area contributed by atoms with Gasteiger partial charge in [-0.25, -0.2) is 9.97 Å². The van der Waals surface area contributed by atoms with Crippen LogP contribution in [0.25, 0.3) is 11.4 Å². The van der Waals surface area contributed by atoms with Crippen molar-refractivity contribution in [2.75, 3.05) is 23.3 Å². The normalized spacial score (nSPS) is 16.9. The summed E-state index contributed by atoms with van der Waals surface area (Å²) in [6.45, 7) is 8.74. The molecule has 4 aromatic heterocycles. The van der Waals surface area contributed by atoms with Gasteiger partial charge < -0.3 is 19.9 Å². The summed E-state index contributed by atoms with van der Waals surface area (Å²) in [6, 6.07) is 25.1. The molecule has 0 spiro atoms. The van der Waals surface area contributed by atoms with Crippen LogP contribution < -0.4 is 10.2 Å². The van der Waals surface area contributed by atoms with Crippen LogP contribution >= 0.6 is 0 Å². The summed E-state index contributed by atoms with van der Waals surface area (Å²) in [5.74, 6) is -0.449. The highest BCUT2D eigenvalue weighted by Crippen LogP contribution is 2.29. The number of nitrogens with zero attached hydrogens (tertiary/aromatic N) is 13. The molecule has 0 bridgehead atoms. The predicted octanol–water partition coefficient (Wildman–Crippen LogP) is 5.17. The number of esters is 2. The first-order chi connectivity index (χ1) is 31.8. The van der Waals surface area contributed by atoms with Gasteiger partial charge in [-0.15, -0.1) is 0 Å². The molecule has 0 radical (unpaired) electrons. The van der Waals surface area contributed by atoms with Gasteiger partial charge in [0.25, 0.3) is 11.8 Å². The van der Waals surface area contributed by atoms with Crippen LogP contribution in [-0.2, 0) is 19.1 Å². The summed E-state index contributed by atoms with van der Waals surface area (Å²) in [4.78, 5) is 75.4. The Bertz CT molecular complexity index is 2750. The Hall–Kier alpha value is -8.65. The molecule has 0 unspecified atom stereocenters. The van der Waals surface area contributed by atoms with Crippen molar-refractivity contribution in [3.05, 3.63) is 132 Å². The second kappa shape index (κ2) is 22.8. The summed E-state index contributed by atoms with van der Waals surface area (Å²) in [7, 11) is 0. The van der Waals surface area contributed by atoms with Crippen LogP contribution in [-0.4, -0.2) is 117 Å². The smallest absolute Gasteiger partial charge is 0.310 e. The third kappa shape index (κ3) is 12.3. The van der Waals surface area contributed by atoms with Crippen molar-refractivity contribution in [2.24, 2.45) is 0 Å². The number of carbonyl (C=O) groups is 5. The molecule has 2 fully saturated rings. The number of rotatable bonds is 8. The summed E-state index contributed by atoms with van der Waals surface area (Å²) in [5, 5.41) is 38.2. The second-order valence-electron chi connectivity index (χ2n) is 15.3. The Labute approximate surface area is 387 Å². The highest BCUT2D eigenvalue weighted by Gasteiger charge is 2.39. The van der Waals surface area contributed by atoms with Crippen LogP contribution in [0.15, 0.2) is 110 Å². The molecule has 1 N–H and O–H groups in total. The van der Waals surface area contributed by atoms with Gasteiger partial charge in [0.05, 0.1) is 76.6 Å². The van der Waals surface area contributed by atoms with Crippen molar-refractivity contribution in [1.29, 1.82) is 10.5 Å². The minimum atomic E-state index is -0.562. The fraction of sp³-hybridized carbons (Fsp3) is 0.298. The average Bonchev–Trinajstić information content (AvgIpc) is 4.16. The number of para-hydroxylation sites is 2. The van der Waals surface area contributed by atoms with Crippen molar-refractivity contribution < 1.29 is 28.7 Å². The molecule has 3 amide bonds. The lowest BCUT2D eigenvalue weighted by Crippen LogP contribution is -2.42. The quantitative estimate of drug-likeness (QED) is 0.153. The molecule has 20 nitrogen and oxygen atoms in total. The molecule has 0 aliphatic carbocycles. The van der Waals surface area contributed by atoms with Crippen molar-refractivity contribution in [1.82, 2.24) is 49.8 Å². The topological polar surface area (TPSA) is 251 Å². The summed E-state index contributed by atoms with van der Waals surface area (Å²) in [5.41, 5.74) is 3.29. The first-order valence-electron chi connectivity index (χ1n) is 20.8. The van der Waals surface area contributed by atoms with Gasteiger partial charge in [-0.2, -0.15) is 40.5 Å². The maximum absolute atomic E-state index is 13.4. The van der Waals surface area contributed by atoms with Crippen molar-refractivity contribution in [2.45, 2.75) is 79.1 Å². The molecule has 67 heavy (non-hydrogen) atoms. The number of ether oxygens (including phenoxy) is 1. The number of hydrogen-bond donors (Lipinski definition) is 1. The summed E-state index contributed by atoms with van der Waals surface area (Å²) >= 11 is 0. The number of anilines is 2. The number of nitrogens with one attached hydrogen (secondary N) is 1. The Morgan fingerprint density at radius 3 is 1.63 bits per heavy atom. The molecule has 6 heterocycles. The van der Waals surface area contributed by atoms with Gasteiger partial charge in [-0.1, -0.05) is 31.7 Å². The van der Waals surface area contributed by atoms with Gasteiger partial charge >= 0.3 is 11.9 Å². The molecule has 4 atom stereocenters. The predicted molar refractivity (Wildman–Crippen MR) is 244 cm³/mol. The van der Waals surface area contributed by atoms with Gasteiger partial charge in [0, 0.05) is 64.4 Å². The Morgan fingerprint density at radius 2 is 1.13 bits per heavy atom. The zero-order chi connectivity index (χ0) is 47.3. The van der Waals surface area contributed by atoms with E-state index in [-0.39, 0.29) is 49.3 Å². The van der Waals surface area contributed by atoms with E-state index in [9.17, 15) is 29.2 Å². The largest absolute Gasteiger partial charge is 0.394 e. The SMILES string of the molecule is C.CC(=O)N(c1cc(C#N)ccn1)[C@@H]1C[C@@H](C)N(C(=O)c2ccccc2-n2nccn2)C1.CC(=O)OC(C)=O.C[C@@H]1C[C@@H](Nc2cc(C#N)ccn2)CN1C(=O)c1ccccc1-n1nccn1. The molecular weight excluding hydrogens is 857 g/mol. The number of likely N-dealkylation sites (tertiary alicyclic amines) is 2. The lowest BCUT2D eigenvalue weighted by atomic mass is 10.1. The van der Waals surface area contributed by atoms with Gasteiger partial charge in [0.1, 0.15) is 11.6 Å². The van der Waals surface area contributed by atoms with Gasteiger partial charge in [-0.3, -0.25) is 28.9 Å². The zero-order valence-corrected chi connectivity index (χ0v) is 36.8. The second-order valence-corrected chi connectivity index (χ2v) is 15.3. The first-order valence-corrected chi connectivity index (χ1v) is 20.8. The van der Waals surface area contributed by atoms with Crippen molar-refractivity contribution >= 4 is 41.3 Å². The van der Waals surface area contributed by atoms with Crippen molar-refractivity contribution in [3.63, 3.8) is 0 Å². The Balaban J connectivity index is 0.000000218.